The topological polar surface area (TPSA) is 16.4 Å². The second-order valence-electron chi connectivity index (χ2n) is 5.74. The Morgan fingerprint density at radius 2 is 2.06 bits per heavy atom. The minimum Gasteiger partial charge on any atom is -0.464 e. The highest BCUT2D eigenvalue weighted by molar-refractivity contribution is 5.81. The van der Waals surface area contributed by atoms with Crippen molar-refractivity contribution in [2.75, 3.05) is 13.1 Å². The standard InChI is InChI=1S/C16H19NO/c1-2-6-16-14(5-1)15(11-18-16)12-7-9-17-8-3-4-13(17)10-12/h1-2,5-6,11-13H,3-4,7-10H2. The van der Waals surface area contributed by atoms with Gasteiger partial charge in [0.05, 0.1) is 6.26 Å². The highest BCUT2D eigenvalue weighted by Crippen LogP contribution is 2.39. The Bertz CT molecular complexity index is 559. The van der Waals surface area contributed by atoms with Crippen molar-refractivity contribution in [1.82, 2.24) is 4.90 Å². The number of furan rings is 1. The summed E-state index contributed by atoms with van der Waals surface area (Å²) in [5.41, 5.74) is 2.48. The Kier molecular flexibility index (Phi) is 2.44. The fourth-order valence-corrected chi connectivity index (χ4v) is 3.82. The van der Waals surface area contributed by atoms with Gasteiger partial charge in [-0.2, -0.15) is 0 Å². The Labute approximate surface area is 108 Å². The zero-order chi connectivity index (χ0) is 11.9. The monoisotopic (exact) mass is 241 g/mol. The van der Waals surface area contributed by atoms with Crippen LogP contribution in [0.4, 0.5) is 0 Å². The first kappa shape index (κ1) is 10.6. The van der Waals surface area contributed by atoms with Crippen molar-refractivity contribution >= 4 is 11.0 Å². The second kappa shape index (κ2) is 4.13. The molecule has 0 bridgehead atoms. The molecule has 94 valence electrons. The Balaban J connectivity index is 1.67. The molecule has 2 atom stereocenters. The van der Waals surface area contributed by atoms with E-state index in [1.54, 1.807) is 0 Å². The minimum absolute atomic E-state index is 0.702. The summed E-state index contributed by atoms with van der Waals surface area (Å²) < 4.78 is 5.70. The predicted molar refractivity (Wildman–Crippen MR) is 72.8 cm³/mol. The fourth-order valence-electron chi connectivity index (χ4n) is 3.82. The number of hydrogen-bond donors (Lipinski definition) is 0. The molecule has 2 heteroatoms. The maximum Gasteiger partial charge on any atom is 0.134 e. The van der Waals surface area contributed by atoms with E-state index >= 15 is 0 Å². The Morgan fingerprint density at radius 1 is 1.11 bits per heavy atom. The number of fused-ring (bicyclic) bond motifs is 2. The third-order valence-electron chi connectivity index (χ3n) is 4.77. The normalized spacial score (nSPS) is 28.7. The number of rotatable bonds is 1. The van der Waals surface area contributed by atoms with E-state index in [1.165, 1.54) is 49.7 Å². The van der Waals surface area contributed by atoms with Crippen LogP contribution < -0.4 is 0 Å². The molecule has 2 aliphatic rings. The number of hydrogen-bond acceptors (Lipinski definition) is 2. The molecule has 2 saturated heterocycles. The van der Waals surface area contributed by atoms with Crippen molar-refractivity contribution in [2.24, 2.45) is 0 Å². The lowest BCUT2D eigenvalue weighted by molar-refractivity contribution is 0.181. The minimum atomic E-state index is 0.702. The number of piperidine rings is 1. The van der Waals surface area contributed by atoms with E-state index < -0.39 is 0 Å². The van der Waals surface area contributed by atoms with E-state index in [4.69, 9.17) is 4.42 Å². The lowest BCUT2D eigenvalue weighted by atomic mass is 9.85. The summed E-state index contributed by atoms with van der Waals surface area (Å²) in [5.74, 6) is 0.702. The van der Waals surface area contributed by atoms with E-state index in [0.717, 1.165) is 11.6 Å². The van der Waals surface area contributed by atoms with Gasteiger partial charge in [-0.05, 0) is 50.8 Å². The van der Waals surface area contributed by atoms with Crippen molar-refractivity contribution in [3.63, 3.8) is 0 Å². The number of benzene rings is 1. The number of nitrogens with zero attached hydrogens (tertiary/aromatic N) is 1. The van der Waals surface area contributed by atoms with Gasteiger partial charge in [-0.1, -0.05) is 18.2 Å². The zero-order valence-electron chi connectivity index (χ0n) is 10.6. The average Bonchev–Trinajstić information content (AvgIpc) is 3.04. The van der Waals surface area contributed by atoms with Crippen molar-refractivity contribution < 1.29 is 4.42 Å². The van der Waals surface area contributed by atoms with Crippen LogP contribution in [0.2, 0.25) is 0 Å². The molecular weight excluding hydrogens is 222 g/mol. The van der Waals surface area contributed by atoms with Crippen LogP contribution in [-0.2, 0) is 0 Å². The molecular formula is C16H19NO. The first-order chi connectivity index (χ1) is 8.92. The molecule has 0 saturated carbocycles. The third kappa shape index (κ3) is 1.59. The van der Waals surface area contributed by atoms with Crippen molar-refractivity contribution in [3.05, 3.63) is 36.1 Å². The maximum atomic E-state index is 5.70. The maximum absolute atomic E-state index is 5.70. The van der Waals surface area contributed by atoms with Gasteiger partial charge in [-0.3, -0.25) is 0 Å². The molecule has 2 aromatic rings. The van der Waals surface area contributed by atoms with E-state index in [2.05, 4.69) is 29.2 Å². The summed E-state index contributed by atoms with van der Waals surface area (Å²) >= 11 is 0. The van der Waals surface area contributed by atoms with Gasteiger partial charge in [-0.25, -0.2) is 0 Å². The number of para-hydroxylation sites is 1. The van der Waals surface area contributed by atoms with Crippen LogP contribution in [0.15, 0.2) is 34.9 Å². The average molecular weight is 241 g/mol. The van der Waals surface area contributed by atoms with Crippen LogP contribution in [0, 0.1) is 0 Å². The molecule has 1 aromatic heterocycles. The van der Waals surface area contributed by atoms with Crippen LogP contribution in [-0.4, -0.2) is 24.0 Å². The Hall–Kier alpha value is -1.28. The van der Waals surface area contributed by atoms with Gasteiger partial charge >= 0.3 is 0 Å². The van der Waals surface area contributed by atoms with Gasteiger partial charge in [0.1, 0.15) is 5.58 Å². The predicted octanol–water partition coefficient (Wildman–Crippen LogP) is 3.77. The zero-order valence-corrected chi connectivity index (χ0v) is 10.6. The summed E-state index contributed by atoms with van der Waals surface area (Å²) in [5, 5.41) is 1.33. The van der Waals surface area contributed by atoms with Crippen molar-refractivity contribution in [3.8, 4) is 0 Å². The quantitative estimate of drug-likeness (QED) is 0.755. The molecule has 2 nitrogen and oxygen atoms in total. The largest absolute Gasteiger partial charge is 0.464 e. The molecule has 0 amide bonds. The van der Waals surface area contributed by atoms with Crippen LogP contribution in [0.1, 0.15) is 37.2 Å². The van der Waals surface area contributed by atoms with Crippen molar-refractivity contribution in [1.29, 1.82) is 0 Å². The molecule has 0 aliphatic carbocycles. The Morgan fingerprint density at radius 3 is 3.06 bits per heavy atom. The van der Waals surface area contributed by atoms with Gasteiger partial charge in [0.15, 0.2) is 0 Å². The molecule has 2 aliphatic heterocycles. The van der Waals surface area contributed by atoms with Gasteiger partial charge < -0.3 is 9.32 Å². The van der Waals surface area contributed by atoms with Gasteiger partial charge in [0, 0.05) is 17.0 Å². The summed E-state index contributed by atoms with van der Waals surface area (Å²) in [6, 6.07) is 9.28. The SMILES string of the molecule is c1ccc2c(C3CCN4CCCC4C3)coc2c1. The molecule has 0 spiro atoms. The molecule has 1 aromatic carbocycles. The van der Waals surface area contributed by atoms with Crippen LogP contribution in [0.25, 0.3) is 11.0 Å². The third-order valence-corrected chi connectivity index (χ3v) is 4.77. The highest BCUT2D eigenvalue weighted by atomic mass is 16.3. The molecule has 2 unspecified atom stereocenters. The van der Waals surface area contributed by atoms with Crippen LogP contribution in [0.3, 0.4) is 0 Å². The van der Waals surface area contributed by atoms with Crippen LogP contribution >= 0.6 is 0 Å². The molecule has 0 radical (unpaired) electrons. The van der Waals surface area contributed by atoms with E-state index in [-0.39, 0.29) is 0 Å². The van der Waals surface area contributed by atoms with E-state index in [9.17, 15) is 0 Å². The van der Waals surface area contributed by atoms with Gasteiger partial charge in [-0.15, -0.1) is 0 Å². The lowest BCUT2D eigenvalue weighted by Gasteiger charge is -2.34. The molecule has 4 rings (SSSR count). The molecule has 3 heterocycles. The summed E-state index contributed by atoms with van der Waals surface area (Å²) in [6.45, 7) is 2.60. The first-order valence-electron chi connectivity index (χ1n) is 7.12. The summed E-state index contributed by atoms with van der Waals surface area (Å²) in [7, 11) is 0. The summed E-state index contributed by atoms with van der Waals surface area (Å²) in [4.78, 5) is 2.68. The van der Waals surface area contributed by atoms with Gasteiger partial charge in [0.2, 0.25) is 0 Å². The highest BCUT2D eigenvalue weighted by Gasteiger charge is 2.33. The first-order valence-corrected chi connectivity index (χ1v) is 7.12. The molecule has 18 heavy (non-hydrogen) atoms. The van der Waals surface area contributed by atoms with Crippen LogP contribution in [0.5, 0.6) is 0 Å². The molecule has 0 N–H and O–H groups in total. The smallest absolute Gasteiger partial charge is 0.134 e. The van der Waals surface area contributed by atoms with Crippen molar-refractivity contribution in [2.45, 2.75) is 37.6 Å². The molecule has 2 fully saturated rings. The lowest BCUT2D eigenvalue weighted by Crippen LogP contribution is -2.37. The van der Waals surface area contributed by atoms with Gasteiger partial charge in [0.25, 0.3) is 0 Å². The second-order valence-corrected chi connectivity index (χ2v) is 5.74. The van der Waals surface area contributed by atoms with E-state index in [0.29, 0.717) is 5.92 Å². The van der Waals surface area contributed by atoms with E-state index in [1.807, 2.05) is 6.26 Å². The summed E-state index contributed by atoms with van der Waals surface area (Å²) in [6.07, 6.45) is 7.40. The fraction of sp³-hybridized carbons (Fsp3) is 0.500.